The van der Waals surface area contributed by atoms with E-state index in [-0.39, 0.29) is 11.2 Å². The highest BCUT2D eigenvalue weighted by Crippen LogP contribution is 2.44. The zero-order valence-corrected chi connectivity index (χ0v) is 25.5. The molecule has 0 spiro atoms. The van der Waals surface area contributed by atoms with Gasteiger partial charge in [-0.2, -0.15) is 0 Å². The van der Waals surface area contributed by atoms with Crippen LogP contribution < -0.4 is 10.2 Å². The fraction of sp³-hybridized carbons (Fsp3) is 0.471. The zero-order valence-electron chi connectivity index (χ0n) is 25.5. The van der Waals surface area contributed by atoms with Crippen molar-refractivity contribution in [1.29, 1.82) is 0 Å². The standard InChI is InChI=1S/C34H44FN3O3/c1-22-28(26-12-8-24(9-13-26)20-36-21-25-10-14-27(35)15-11-25)30(38-18-16-34(6,7)17-19-38)29(23(2)37-22)31(32(39)40)41-33(3,4)5/h8-15,31,36H,16-21H2,1-7H3,(H,39,40). The van der Waals surface area contributed by atoms with Crippen molar-refractivity contribution in [3.8, 4) is 11.1 Å². The molecule has 1 aliphatic heterocycles. The van der Waals surface area contributed by atoms with E-state index >= 15 is 0 Å². The van der Waals surface area contributed by atoms with E-state index in [4.69, 9.17) is 9.72 Å². The van der Waals surface area contributed by atoms with Crippen molar-refractivity contribution >= 4 is 11.7 Å². The van der Waals surface area contributed by atoms with Gasteiger partial charge in [-0.25, -0.2) is 9.18 Å². The number of hydrogen-bond acceptors (Lipinski definition) is 5. The van der Waals surface area contributed by atoms with Crippen LogP contribution in [0.1, 0.15) is 81.6 Å². The molecule has 1 atom stereocenters. The van der Waals surface area contributed by atoms with E-state index in [0.717, 1.165) is 59.6 Å². The number of nitrogens with zero attached hydrogens (tertiary/aromatic N) is 2. The highest BCUT2D eigenvalue weighted by atomic mass is 19.1. The largest absolute Gasteiger partial charge is 0.479 e. The molecule has 4 rings (SSSR count). The number of rotatable bonds is 9. The molecule has 0 saturated carbocycles. The summed E-state index contributed by atoms with van der Waals surface area (Å²) in [7, 11) is 0. The number of piperidine rings is 1. The summed E-state index contributed by atoms with van der Waals surface area (Å²) >= 11 is 0. The maximum atomic E-state index is 13.2. The van der Waals surface area contributed by atoms with E-state index < -0.39 is 17.7 Å². The number of carboxylic acid groups (broad SMARTS) is 1. The van der Waals surface area contributed by atoms with Crippen LogP contribution in [0.25, 0.3) is 11.1 Å². The number of aromatic nitrogens is 1. The molecule has 1 aliphatic rings. The Bertz CT molecular complexity index is 1350. The minimum Gasteiger partial charge on any atom is -0.479 e. The van der Waals surface area contributed by atoms with Gasteiger partial charge < -0.3 is 20.1 Å². The number of pyridine rings is 1. The van der Waals surface area contributed by atoms with Gasteiger partial charge in [0.1, 0.15) is 5.82 Å². The van der Waals surface area contributed by atoms with E-state index in [2.05, 4.69) is 48.3 Å². The fourth-order valence-electron chi connectivity index (χ4n) is 5.50. The van der Waals surface area contributed by atoms with Gasteiger partial charge in [0.2, 0.25) is 0 Å². The second-order valence-electron chi connectivity index (χ2n) is 12.9. The Kier molecular flexibility index (Phi) is 9.19. The molecular formula is C34H44FN3O3. The van der Waals surface area contributed by atoms with Crippen molar-refractivity contribution in [1.82, 2.24) is 10.3 Å². The first kappa shape index (κ1) is 30.7. The number of carboxylic acids is 1. The second kappa shape index (κ2) is 12.3. The third-order valence-electron chi connectivity index (χ3n) is 7.78. The topological polar surface area (TPSA) is 74.7 Å². The molecule has 6 nitrogen and oxygen atoms in total. The lowest BCUT2D eigenvalue weighted by atomic mass is 9.81. The highest BCUT2D eigenvalue weighted by Gasteiger charge is 2.36. The van der Waals surface area contributed by atoms with Crippen molar-refractivity contribution < 1.29 is 19.0 Å². The first-order chi connectivity index (χ1) is 19.2. The summed E-state index contributed by atoms with van der Waals surface area (Å²) in [6, 6.07) is 14.9. The predicted octanol–water partition coefficient (Wildman–Crippen LogP) is 7.36. The number of carbonyl (C=O) groups is 1. The molecule has 2 N–H and O–H groups in total. The second-order valence-corrected chi connectivity index (χ2v) is 12.9. The third-order valence-corrected chi connectivity index (χ3v) is 7.78. The van der Waals surface area contributed by atoms with Crippen LogP contribution in [0.3, 0.4) is 0 Å². The van der Waals surface area contributed by atoms with Gasteiger partial charge in [-0.1, -0.05) is 50.2 Å². The van der Waals surface area contributed by atoms with Gasteiger partial charge in [-0.05, 0) is 81.7 Å². The summed E-state index contributed by atoms with van der Waals surface area (Å²) in [4.78, 5) is 19.9. The Hall–Kier alpha value is -3.29. The lowest BCUT2D eigenvalue weighted by Gasteiger charge is -2.41. The van der Waals surface area contributed by atoms with Crippen molar-refractivity contribution in [3.63, 3.8) is 0 Å². The van der Waals surface area contributed by atoms with Gasteiger partial charge in [0.15, 0.2) is 6.10 Å². The van der Waals surface area contributed by atoms with Gasteiger partial charge in [0.05, 0.1) is 11.3 Å². The molecule has 1 unspecified atom stereocenters. The number of halogens is 1. The molecule has 0 aliphatic carbocycles. The smallest absolute Gasteiger partial charge is 0.337 e. The maximum Gasteiger partial charge on any atom is 0.337 e. The minimum atomic E-state index is -1.14. The number of aliphatic carboxylic acids is 1. The predicted molar refractivity (Wildman–Crippen MR) is 163 cm³/mol. The minimum absolute atomic E-state index is 0.235. The molecule has 220 valence electrons. The molecule has 1 aromatic heterocycles. The number of anilines is 1. The van der Waals surface area contributed by atoms with E-state index in [1.54, 1.807) is 12.1 Å². The van der Waals surface area contributed by atoms with Gasteiger partial charge >= 0.3 is 5.97 Å². The Morgan fingerprint density at radius 3 is 2.05 bits per heavy atom. The molecule has 2 heterocycles. The van der Waals surface area contributed by atoms with E-state index in [9.17, 15) is 14.3 Å². The first-order valence-electron chi connectivity index (χ1n) is 14.5. The Morgan fingerprint density at radius 2 is 1.54 bits per heavy atom. The molecule has 7 heteroatoms. The van der Waals surface area contributed by atoms with Crippen LogP contribution in [0, 0.1) is 25.1 Å². The molecule has 1 saturated heterocycles. The zero-order chi connectivity index (χ0) is 29.9. The fourth-order valence-corrected chi connectivity index (χ4v) is 5.50. The van der Waals surface area contributed by atoms with Gasteiger partial charge in [-0.15, -0.1) is 0 Å². The molecule has 0 amide bonds. The van der Waals surface area contributed by atoms with Crippen LogP contribution in [0.4, 0.5) is 10.1 Å². The van der Waals surface area contributed by atoms with Crippen LogP contribution in [0.2, 0.25) is 0 Å². The van der Waals surface area contributed by atoms with Gasteiger partial charge in [0.25, 0.3) is 0 Å². The van der Waals surface area contributed by atoms with Crippen LogP contribution >= 0.6 is 0 Å². The quantitative estimate of drug-likeness (QED) is 0.284. The van der Waals surface area contributed by atoms with Crippen molar-refractivity contribution in [2.24, 2.45) is 5.41 Å². The van der Waals surface area contributed by atoms with Crippen LogP contribution in [-0.4, -0.2) is 34.8 Å². The normalized spacial score (nSPS) is 16.0. The number of aryl methyl sites for hydroxylation is 2. The highest BCUT2D eigenvalue weighted by molar-refractivity contribution is 5.88. The van der Waals surface area contributed by atoms with E-state index in [1.165, 1.54) is 12.1 Å². The van der Waals surface area contributed by atoms with Crippen molar-refractivity contribution in [3.05, 3.63) is 82.4 Å². The molecule has 3 aromatic rings. The molecule has 0 radical (unpaired) electrons. The summed E-state index contributed by atoms with van der Waals surface area (Å²) in [5.74, 6) is -1.25. The number of ether oxygens (including phenoxy) is 1. The Morgan fingerprint density at radius 1 is 1.00 bits per heavy atom. The summed E-state index contributed by atoms with van der Waals surface area (Å²) in [5.41, 5.74) is 6.80. The summed E-state index contributed by atoms with van der Waals surface area (Å²) < 4.78 is 19.4. The third kappa shape index (κ3) is 7.72. The van der Waals surface area contributed by atoms with Gasteiger partial charge in [0, 0.05) is 48.7 Å². The van der Waals surface area contributed by atoms with Crippen molar-refractivity contribution in [2.75, 3.05) is 18.0 Å². The molecule has 0 bridgehead atoms. The lowest BCUT2D eigenvalue weighted by molar-refractivity contribution is -0.160. The van der Waals surface area contributed by atoms with Crippen molar-refractivity contribution in [2.45, 2.75) is 86.1 Å². The van der Waals surface area contributed by atoms with Crippen LogP contribution in [0.5, 0.6) is 0 Å². The summed E-state index contributed by atoms with van der Waals surface area (Å²) in [5, 5.41) is 13.8. The SMILES string of the molecule is Cc1nc(C)c(C(OC(C)(C)C)C(=O)O)c(N2CCC(C)(C)CC2)c1-c1ccc(CNCc2ccc(F)cc2)cc1. The monoisotopic (exact) mass is 561 g/mol. The number of nitrogens with one attached hydrogen (secondary N) is 1. The molecule has 1 fully saturated rings. The van der Waals surface area contributed by atoms with Crippen LogP contribution in [0.15, 0.2) is 48.5 Å². The lowest BCUT2D eigenvalue weighted by Crippen LogP contribution is -2.39. The maximum absolute atomic E-state index is 13.2. The van der Waals surface area contributed by atoms with E-state index in [0.29, 0.717) is 24.3 Å². The van der Waals surface area contributed by atoms with E-state index in [1.807, 2.05) is 34.6 Å². The van der Waals surface area contributed by atoms with Crippen LogP contribution in [-0.2, 0) is 22.6 Å². The number of hydrogen-bond donors (Lipinski definition) is 2. The Balaban J connectivity index is 1.71. The molecule has 41 heavy (non-hydrogen) atoms. The average molecular weight is 562 g/mol. The summed E-state index contributed by atoms with van der Waals surface area (Å²) in [6.45, 7) is 17.1. The molecule has 2 aromatic carbocycles. The number of benzene rings is 2. The average Bonchev–Trinajstić information content (AvgIpc) is 2.88. The summed E-state index contributed by atoms with van der Waals surface area (Å²) in [6.07, 6.45) is 0.896. The molecular weight excluding hydrogens is 517 g/mol. The van der Waals surface area contributed by atoms with Gasteiger partial charge in [-0.3, -0.25) is 4.98 Å². The Labute approximate surface area is 244 Å². The first-order valence-corrected chi connectivity index (χ1v) is 14.5.